The van der Waals surface area contributed by atoms with Crippen LogP contribution in [0.15, 0.2) is 53.9 Å². The minimum absolute atomic E-state index is 0.0366. The molecule has 4 heteroatoms. The van der Waals surface area contributed by atoms with Crippen LogP contribution in [0.25, 0.3) is 10.1 Å². The number of benzene rings is 2. The number of nitrogens with one attached hydrogen (secondary N) is 1. The molecule has 0 aliphatic carbocycles. The van der Waals surface area contributed by atoms with Crippen molar-refractivity contribution in [2.45, 2.75) is 6.61 Å². The fourth-order valence-corrected chi connectivity index (χ4v) is 3.04. The smallest absolute Gasteiger partial charge is 0.257 e. The van der Waals surface area contributed by atoms with Gasteiger partial charge in [0.1, 0.15) is 0 Å². The fourth-order valence-electron chi connectivity index (χ4n) is 2.10. The Kier molecular flexibility index (Phi) is 3.50. The molecule has 1 amide bonds. The summed E-state index contributed by atoms with van der Waals surface area (Å²) in [6.07, 6.45) is 0. The predicted molar refractivity (Wildman–Crippen MR) is 82.1 cm³/mol. The first kappa shape index (κ1) is 12.8. The summed E-state index contributed by atoms with van der Waals surface area (Å²) >= 11 is 1.56. The van der Waals surface area contributed by atoms with Gasteiger partial charge in [-0.2, -0.15) is 0 Å². The van der Waals surface area contributed by atoms with Gasteiger partial charge in [0.05, 0.1) is 12.2 Å². The van der Waals surface area contributed by atoms with E-state index >= 15 is 0 Å². The average Bonchev–Trinajstić information content (AvgIpc) is 2.91. The molecule has 0 aliphatic heterocycles. The molecule has 0 saturated carbocycles. The number of anilines is 1. The van der Waals surface area contributed by atoms with Gasteiger partial charge in [-0.15, -0.1) is 11.3 Å². The van der Waals surface area contributed by atoms with Crippen molar-refractivity contribution in [2.75, 3.05) is 5.32 Å². The van der Waals surface area contributed by atoms with E-state index in [0.717, 1.165) is 15.6 Å². The van der Waals surface area contributed by atoms with Gasteiger partial charge in [-0.3, -0.25) is 4.79 Å². The van der Waals surface area contributed by atoms with E-state index in [-0.39, 0.29) is 12.5 Å². The molecule has 1 aromatic heterocycles. The molecule has 3 nitrogen and oxygen atoms in total. The molecular weight excluding hydrogens is 270 g/mol. The van der Waals surface area contributed by atoms with Crippen molar-refractivity contribution in [2.24, 2.45) is 0 Å². The molecule has 0 radical (unpaired) electrons. The third-order valence-electron chi connectivity index (χ3n) is 3.09. The van der Waals surface area contributed by atoms with Crippen molar-refractivity contribution >= 4 is 33.0 Å². The Balaban J connectivity index is 1.89. The standard InChI is InChI=1S/C16H13NO2S/c18-9-11-4-3-5-12(8-11)17-16(19)14-10-20-15-7-2-1-6-13(14)15/h1-8,10,18H,9H2,(H,17,19). The van der Waals surface area contributed by atoms with E-state index in [4.69, 9.17) is 5.11 Å². The number of carbonyl (C=O) groups is 1. The van der Waals surface area contributed by atoms with Gasteiger partial charge >= 0.3 is 0 Å². The minimum Gasteiger partial charge on any atom is -0.392 e. The van der Waals surface area contributed by atoms with Crippen LogP contribution >= 0.6 is 11.3 Å². The lowest BCUT2D eigenvalue weighted by Crippen LogP contribution is -2.11. The van der Waals surface area contributed by atoms with Crippen LogP contribution in [0, 0.1) is 0 Å². The van der Waals surface area contributed by atoms with Crippen LogP contribution in [0.5, 0.6) is 0 Å². The Morgan fingerprint density at radius 2 is 2.00 bits per heavy atom. The number of hydrogen-bond acceptors (Lipinski definition) is 3. The second kappa shape index (κ2) is 5.45. The Bertz CT molecular complexity index is 764. The van der Waals surface area contributed by atoms with E-state index in [1.54, 1.807) is 17.4 Å². The summed E-state index contributed by atoms with van der Waals surface area (Å²) in [5.74, 6) is -0.127. The van der Waals surface area contributed by atoms with Crippen LogP contribution in [0.1, 0.15) is 15.9 Å². The molecule has 0 bridgehead atoms. The lowest BCUT2D eigenvalue weighted by atomic mass is 10.1. The second-order valence-corrected chi connectivity index (χ2v) is 5.37. The molecule has 0 aliphatic rings. The van der Waals surface area contributed by atoms with Gasteiger partial charge in [0.15, 0.2) is 0 Å². The molecule has 2 aromatic carbocycles. The molecule has 0 saturated heterocycles. The fraction of sp³-hybridized carbons (Fsp3) is 0.0625. The van der Waals surface area contributed by atoms with Crippen molar-refractivity contribution in [3.8, 4) is 0 Å². The summed E-state index contributed by atoms with van der Waals surface area (Å²) in [5.41, 5.74) is 2.15. The Morgan fingerprint density at radius 3 is 2.85 bits per heavy atom. The predicted octanol–water partition coefficient (Wildman–Crippen LogP) is 3.65. The number of rotatable bonds is 3. The maximum Gasteiger partial charge on any atom is 0.257 e. The van der Waals surface area contributed by atoms with Crippen LogP contribution in [0.3, 0.4) is 0 Å². The molecule has 2 N–H and O–H groups in total. The van der Waals surface area contributed by atoms with Gasteiger partial charge in [0.2, 0.25) is 0 Å². The topological polar surface area (TPSA) is 49.3 Å². The van der Waals surface area contributed by atoms with Gasteiger partial charge in [-0.05, 0) is 23.8 Å². The number of aliphatic hydroxyl groups is 1. The first-order valence-electron chi connectivity index (χ1n) is 6.25. The Hall–Kier alpha value is -2.17. The highest BCUT2D eigenvalue weighted by Gasteiger charge is 2.12. The van der Waals surface area contributed by atoms with Gasteiger partial charge in [0, 0.05) is 21.2 Å². The highest BCUT2D eigenvalue weighted by atomic mass is 32.1. The van der Waals surface area contributed by atoms with Gasteiger partial charge in [-0.1, -0.05) is 30.3 Å². The van der Waals surface area contributed by atoms with Gasteiger partial charge in [0.25, 0.3) is 5.91 Å². The first-order valence-corrected chi connectivity index (χ1v) is 7.13. The molecule has 0 spiro atoms. The maximum atomic E-state index is 12.3. The van der Waals surface area contributed by atoms with Crippen molar-refractivity contribution in [1.82, 2.24) is 0 Å². The van der Waals surface area contributed by atoms with Gasteiger partial charge in [-0.25, -0.2) is 0 Å². The van der Waals surface area contributed by atoms with Crippen molar-refractivity contribution in [1.29, 1.82) is 0 Å². The van der Waals surface area contributed by atoms with E-state index in [1.807, 2.05) is 47.8 Å². The van der Waals surface area contributed by atoms with Crippen LogP contribution in [-0.4, -0.2) is 11.0 Å². The van der Waals surface area contributed by atoms with Crippen LogP contribution < -0.4 is 5.32 Å². The zero-order valence-corrected chi connectivity index (χ0v) is 11.5. The summed E-state index contributed by atoms with van der Waals surface area (Å²) in [7, 11) is 0. The molecule has 0 unspecified atom stereocenters. The quantitative estimate of drug-likeness (QED) is 0.771. The van der Waals surface area contributed by atoms with E-state index in [9.17, 15) is 4.79 Å². The van der Waals surface area contributed by atoms with E-state index in [0.29, 0.717) is 11.3 Å². The summed E-state index contributed by atoms with van der Waals surface area (Å²) in [4.78, 5) is 12.3. The highest BCUT2D eigenvalue weighted by molar-refractivity contribution is 7.17. The van der Waals surface area contributed by atoms with Crippen LogP contribution in [0.4, 0.5) is 5.69 Å². The molecule has 3 aromatic rings. The summed E-state index contributed by atoms with van der Waals surface area (Å²) < 4.78 is 1.10. The maximum absolute atomic E-state index is 12.3. The van der Waals surface area contributed by atoms with E-state index in [2.05, 4.69) is 5.32 Å². The average molecular weight is 283 g/mol. The third kappa shape index (κ3) is 2.43. The third-order valence-corrected chi connectivity index (χ3v) is 4.06. The van der Waals surface area contributed by atoms with E-state index < -0.39 is 0 Å². The number of aliphatic hydroxyl groups excluding tert-OH is 1. The Labute approximate surface area is 120 Å². The summed E-state index contributed by atoms with van der Waals surface area (Å²) in [6, 6.07) is 15.1. The highest BCUT2D eigenvalue weighted by Crippen LogP contribution is 2.26. The number of amides is 1. The normalized spacial score (nSPS) is 10.7. The number of hydrogen-bond donors (Lipinski definition) is 2. The molecule has 100 valence electrons. The van der Waals surface area contributed by atoms with Crippen molar-refractivity contribution in [3.63, 3.8) is 0 Å². The molecule has 0 fully saturated rings. The molecular formula is C16H13NO2S. The number of fused-ring (bicyclic) bond motifs is 1. The molecule has 0 atom stereocenters. The van der Waals surface area contributed by atoms with Crippen molar-refractivity contribution in [3.05, 3.63) is 65.0 Å². The van der Waals surface area contributed by atoms with Crippen molar-refractivity contribution < 1.29 is 9.90 Å². The number of carbonyl (C=O) groups excluding carboxylic acids is 1. The molecule has 3 rings (SSSR count). The van der Waals surface area contributed by atoms with Crippen LogP contribution in [-0.2, 0) is 6.61 Å². The summed E-state index contributed by atoms with van der Waals surface area (Å²) in [6.45, 7) is -0.0366. The second-order valence-electron chi connectivity index (χ2n) is 4.46. The molecule has 20 heavy (non-hydrogen) atoms. The van der Waals surface area contributed by atoms with Gasteiger partial charge < -0.3 is 10.4 Å². The lowest BCUT2D eigenvalue weighted by Gasteiger charge is -2.06. The molecule has 1 heterocycles. The lowest BCUT2D eigenvalue weighted by molar-refractivity contribution is 0.102. The SMILES string of the molecule is O=C(Nc1cccc(CO)c1)c1csc2ccccc12. The minimum atomic E-state index is -0.127. The monoisotopic (exact) mass is 283 g/mol. The first-order chi connectivity index (χ1) is 9.78. The largest absolute Gasteiger partial charge is 0.392 e. The zero-order chi connectivity index (χ0) is 13.9. The zero-order valence-electron chi connectivity index (χ0n) is 10.7. The van der Waals surface area contributed by atoms with Crippen LogP contribution in [0.2, 0.25) is 0 Å². The Morgan fingerprint density at radius 1 is 1.15 bits per heavy atom. The summed E-state index contributed by atoms with van der Waals surface area (Å²) in [5, 5.41) is 14.8. The van der Waals surface area contributed by atoms with E-state index in [1.165, 1.54) is 0 Å². The number of thiophene rings is 1.